The predicted molar refractivity (Wildman–Crippen MR) is 116 cm³/mol. The van der Waals surface area contributed by atoms with E-state index in [1.54, 1.807) is 37.4 Å². The lowest BCUT2D eigenvalue weighted by molar-refractivity contribution is -0.121. The number of benzene rings is 2. The monoisotopic (exact) mass is 444 g/mol. The Morgan fingerprint density at radius 2 is 1.94 bits per heavy atom. The van der Waals surface area contributed by atoms with Crippen molar-refractivity contribution in [2.45, 2.75) is 19.4 Å². The highest BCUT2D eigenvalue weighted by atomic mass is 32.2. The molecule has 0 aliphatic rings. The van der Waals surface area contributed by atoms with Crippen LogP contribution in [-0.4, -0.2) is 44.4 Å². The lowest BCUT2D eigenvalue weighted by Gasteiger charge is -2.22. The van der Waals surface area contributed by atoms with Crippen molar-refractivity contribution in [1.82, 2.24) is 15.5 Å². The first-order chi connectivity index (χ1) is 14.9. The summed E-state index contributed by atoms with van der Waals surface area (Å²) in [4.78, 5) is 16.4. The van der Waals surface area contributed by atoms with E-state index in [0.29, 0.717) is 23.7 Å². The van der Waals surface area contributed by atoms with Crippen molar-refractivity contribution in [2.24, 2.45) is 0 Å². The molecule has 2 aromatic carbocycles. The molecule has 3 aromatic rings. The maximum atomic E-state index is 12.2. The summed E-state index contributed by atoms with van der Waals surface area (Å²) in [5.41, 5.74) is 1.31. The molecule has 0 fully saturated rings. The molecular formula is C21H24N4O5S. The summed E-state index contributed by atoms with van der Waals surface area (Å²) in [7, 11) is -1.87. The maximum Gasteiger partial charge on any atom is 0.246 e. The normalized spacial score (nSPS) is 11.2. The van der Waals surface area contributed by atoms with Gasteiger partial charge in [-0.25, -0.2) is 8.42 Å². The van der Waals surface area contributed by atoms with E-state index in [0.717, 1.165) is 11.8 Å². The van der Waals surface area contributed by atoms with Crippen LogP contribution in [0.25, 0.3) is 11.4 Å². The maximum absolute atomic E-state index is 12.2. The number of hydrogen-bond donors (Lipinski definition) is 1. The second-order valence-electron chi connectivity index (χ2n) is 6.79. The molecule has 0 aliphatic heterocycles. The summed E-state index contributed by atoms with van der Waals surface area (Å²) in [6.45, 7) is 0.293. The molecule has 0 atom stereocenters. The van der Waals surface area contributed by atoms with E-state index in [1.165, 1.54) is 4.31 Å². The van der Waals surface area contributed by atoms with E-state index >= 15 is 0 Å². The minimum Gasteiger partial charge on any atom is -0.497 e. The van der Waals surface area contributed by atoms with Crippen molar-refractivity contribution >= 4 is 21.6 Å². The van der Waals surface area contributed by atoms with Crippen molar-refractivity contribution < 1.29 is 22.5 Å². The Morgan fingerprint density at radius 3 is 2.65 bits per heavy atom. The van der Waals surface area contributed by atoms with E-state index < -0.39 is 10.0 Å². The highest BCUT2D eigenvalue weighted by Crippen LogP contribution is 2.21. The standard InChI is InChI=1S/C21H24N4O5S/c1-29-18-11-6-8-16(14-18)21-23-20(30-24-21)15-22-19(26)12-7-13-25(31(2,27)28)17-9-4-3-5-10-17/h3-6,8-11,14H,7,12-13,15H2,1-2H3,(H,22,26). The van der Waals surface area contributed by atoms with Crippen LogP contribution in [0.4, 0.5) is 5.69 Å². The number of nitrogens with one attached hydrogen (secondary N) is 1. The Hall–Kier alpha value is -3.40. The summed E-state index contributed by atoms with van der Waals surface area (Å²) in [6.07, 6.45) is 1.68. The molecule has 0 unspecified atom stereocenters. The molecule has 31 heavy (non-hydrogen) atoms. The molecule has 0 bridgehead atoms. The second kappa shape index (κ2) is 10.1. The van der Waals surface area contributed by atoms with Crippen molar-refractivity contribution in [3.8, 4) is 17.1 Å². The van der Waals surface area contributed by atoms with Gasteiger partial charge in [-0.05, 0) is 30.7 Å². The van der Waals surface area contributed by atoms with E-state index in [-0.39, 0.29) is 31.3 Å². The van der Waals surface area contributed by atoms with E-state index in [2.05, 4.69) is 15.5 Å². The molecule has 1 amide bonds. The molecule has 1 heterocycles. The van der Waals surface area contributed by atoms with Crippen LogP contribution in [0.15, 0.2) is 59.1 Å². The molecular weight excluding hydrogens is 420 g/mol. The summed E-state index contributed by atoms with van der Waals surface area (Å²) in [5, 5.41) is 6.63. The van der Waals surface area contributed by atoms with Gasteiger partial charge in [0.15, 0.2) is 0 Å². The van der Waals surface area contributed by atoms with Gasteiger partial charge >= 0.3 is 0 Å². The average Bonchev–Trinajstić information content (AvgIpc) is 3.24. The highest BCUT2D eigenvalue weighted by Gasteiger charge is 2.17. The number of hydrogen-bond acceptors (Lipinski definition) is 7. The van der Waals surface area contributed by atoms with Gasteiger partial charge in [-0.15, -0.1) is 0 Å². The van der Waals surface area contributed by atoms with Crippen molar-refractivity contribution in [3.63, 3.8) is 0 Å². The van der Waals surface area contributed by atoms with Gasteiger partial charge in [-0.1, -0.05) is 35.5 Å². The second-order valence-corrected chi connectivity index (χ2v) is 8.70. The number of sulfonamides is 1. The SMILES string of the molecule is COc1cccc(-c2noc(CNC(=O)CCCN(c3ccccc3)S(C)(=O)=O)n2)c1. The highest BCUT2D eigenvalue weighted by molar-refractivity contribution is 7.92. The third-order valence-electron chi connectivity index (χ3n) is 4.44. The molecule has 0 saturated carbocycles. The number of rotatable bonds is 10. The molecule has 0 spiro atoms. The van der Waals surface area contributed by atoms with Gasteiger partial charge in [-0.2, -0.15) is 4.98 Å². The van der Waals surface area contributed by atoms with Gasteiger partial charge in [0.2, 0.25) is 27.6 Å². The fraction of sp³-hybridized carbons (Fsp3) is 0.286. The summed E-state index contributed by atoms with van der Waals surface area (Å²) in [6, 6.07) is 16.0. The van der Waals surface area contributed by atoms with Crippen LogP contribution in [0.3, 0.4) is 0 Å². The predicted octanol–water partition coefficient (Wildman–Crippen LogP) is 2.61. The number of amides is 1. The number of carbonyl (C=O) groups is 1. The first-order valence-corrected chi connectivity index (χ1v) is 11.5. The Labute approximate surface area is 181 Å². The molecule has 10 heteroatoms. The van der Waals surface area contributed by atoms with Crippen molar-refractivity contribution in [2.75, 3.05) is 24.2 Å². The van der Waals surface area contributed by atoms with E-state index in [9.17, 15) is 13.2 Å². The molecule has 0 radical (unpaired) electrons. The Kier molecular flexibility index (Phi) is 7.24. The van der Waals surface area contributed by atoms with Gasteiger partial charge in [0.05, 0.1) is 25.6 Å². The number of para-hydroxylation sites is 1. The first kappa shape index (κ1) is 22.3. The average molecular weight is 445 g/mol. The summed E-state index contributed by atoms with van der Waals surface area (Å²) < 4.78 is 35.8. The minimum atomic E-state index is -3.44. The van der Waals surface area contributed by atoms with E-state index in [1.807, 2.05) is 24.3 Å². The molecule has 1 N–H and O–H groups in total. The molecule has 3 rings (SSSR count). The Bertz CT molecular complexity index is 1120. The van der Waals surface area contributed by atoms with Crippen LogP contribution in [0.1, 0.15) is 18.7 Å². The van der Waals surface area contributed by atoms with Gasteiger partial charge in [0, 0.05) is 18.5 Å². The zero-order chi connectivity index (χ0) is 22.3. The van der Waals surface area contributed by atoms with Crippen LogP contribution >= 0.6 is 0 Å². The number of methoxy groups -OCH3 is 1. The molecule has 0 saturated heterocycles. The van der Waals surface area contributed by atoms with Gasteiger partial charge in [0.25, 0.3) is 0 Å². The number of ether oxygens (including phenoxy) is 1. The minimum absolute atomic E-state index is 0.0876. The third kappa shape index (κ3) is 6.29. The van der Waals surface area contributed by atoms with Crippen LogP contribution in [0, 0.1) is 0 Å². The fourth-order valence-electron chi connectivity index (χ4n) is 2.93. The van der Waals surface area contributed by atoms with Crippen LogP contribution < -0.4 is 14.4 Å². The zero-order valence-electron chi connectivity index (χ0n) is 17.3. The number of carbonyl (C=O) groups excluding carboxylic acids is 1. The van der Waals surface area contributed by atoms with Crippen molar-refractivity contribution in [1.29, 1.82) is 0 Å². The van der Waals surface area contributed by atoms with Crippen LogP contribution in [0.2, 0.25) is 0 Å². The van der Waals surface area contributed by atoms with Crippen molar-refractivity contribution in [3.05, 3.63) is 60.5 Å². The molecule has 9 nitrogen and oxygen atoms in total. The number of anilines is 1. The molecule has 0 aliphatic carbocycles. The topological polar surface area (TPSA) is 115 Å². The third-order valence-corrected chi connectivity index (χ3v) is 5.64. The largest absolute Gasteiger partial charge is 0.497 e. The number of nitrogens with zero attached hydrogens (tertiary/aromatic N) is 3. The van der Waals surface area contributed by atoms with Gasteiger partial charge in [-0.3, -0.25) is 9.10 Å². The number of aromatic nitrogens is 2. The summed E-state index contributed by atoms with van der Waals surface area (Å²) in [5.74, 6) is 1.11. The molecule has 1 aromatic heterocycles. The summed E-state index contributed by atoms with van der Waals surface area (Å²) >= 11 is 0. The smallest absolute Gasteiger partial charge is 0.246 e. The zero-order valence-corrected chi connectivity index (χ0v) is 18.1. The Morgan fingerprint density at radius 1 is 1.16 bits per heavy atom. The molecule has 164 valence electrons. The Balaban J connectivity index is 1.50. The van der Waals surface area contributed by atoms with E-state index in [4.69, 9.17) is 9.26 Å². The van der Waals surface area contributed by atoms with Crippen LogP contribution in [0.5, 0.6) is 5.75 Å². The first-order valence-electron chi connectivity index (χ1n) is 9.63. The quantitative estimate of drug-likeness (QED) is 0.511. The lowest BCUT2D eigenvalue weighted by atomic mass is 10.2. The lowest BCUT2D eigenvalue weighted by Crippen LogP contribution is -2.32. The van der Waals surface area contributed by atoms with Gasteiger partial charge in [0.1, 0.15) is 5.75 Å². The van der Waals surface area contributed by atoms with Gasteiger partial charge < -0.3 is 14.6 Å². The van der Waals surface area contributed by atoms with Crippen LogP contribution in [-0.2, 0) is 21.4 Å². The fourth-order valence-corrected chi connectivity index (χ4v) is 3.90.